The van der Waals surface area contributed by atoms with Crippen LogP contribution in [-0.2, 0) is 4.79 Å². The molecule has 1 aliphatic carbocycles. The molecule has 1 aliphatic heterocycles. The average Bonchev–Trinajstić information content (AvgIpc) is 2.77. The predicted octanol–water partition coefficient (Wildman–Crippen LogP) is 5.77. The first kappa shape index (κ1) is 19.8. The van der Waals surface area contributed by atoms with Gasteiger partial charge in [-0.15, -0.1) is 0 Å². The average molecular weight is 393 g/mol. The van der Waals surface area contributed by atoms with E-state index < -0.39 is 0 Å². The van der Waals surface area contributed by atoms with E-state index in [9.17, 15) is 4.79 Å². The molecule has 29 heavy (non-hydrogen) atoms. The molecule has 1 amide bonds. The molecule has 2 aromatic rings. The van der Waals surface area contributed by atoms with Crippen molar-refractivity contribution in [2.75, 3.05) is 18.4 Å². The van der Waals surface area contributed by atoms with Crippen molar-refractivity contribution < 1.29 is 9.53 Å². The second-order valence-corrected chi connectivity index (χ2v) is 8.49. The summed E-state index contributed by atoms with van der Waals surface area (Å²) in [4.78, 5) is 14.9. The molecule has 1 saturated carbocycles. The molecule has 0 unspecified atom stereocenters. The summed E-state index contributed by atoms with van der Waals surface area (Å²) in [5, 5.41) is 3.66. The molecule has 0 bridgehead atoms. The van der Waals surface area contributed by atoms with Crippen molar-refractivity contribution in [3.63, 3.8) is 0 Å². The molecule has 2 fully saturated rings. The number of rotatable bonds is 5. The largest absolute Gasteiger partial charge is 0.455 e. The molecule has 2 aliphatic rings. The lowest BCUT2D eigenvalue weighted by atomic mass is 9.87. The second kappa shape index (κ2) is 9.34. The van der Waals surface area contributed by atoms with Crippen LogP contribution in [0.4, 0.5) is 5.69 Å². The van der Waals surface area contributed by atoms with E-state index in [0.29, 0.717) is 11.9 Å². The zero-order chi connectivity index (χ0) is 20.1. The Hall–Kier alpha value is -2.49. The Labute approximate surface area is 174 Å². The third-order valence-electron chi connectivity index (χ3n) is 6.26. The van der Waals surface area contributed by atoms with Gasteiger partial charge in [-0.1, -0.05) is 49.1 Å². The minimum Gasteiger partial charge on any atom is -0.455 e. The number of carbonyl (C=O) groups excluding carboxylic acids is 1. The first-order valence-electron chi connectivity index (χ1n) is 11.1. The number of anilines is 1. The minimum absolute atomic E-state index is 0.275. The number of hydrogen-bond acceptors (Lipinski definition) is 3. The van der Waals surface area contributed by atoms with E-state index >= 15 is 0 Å². The molecule has 2 aromatic carbocycles. The topological polar surface area (TPSA) is 41.6 Å². The van der Waals surface area contributed by atoms with E-state index in [-0.39, 0.29) is 5.92 Å². The highest BCUT2D eigenvalue weighted by molar-refractivity contribution is 5.79. The van der Waals surface area contributed by atoms with Gasteiger partial charge in [0.05, 0.1) is 5.69 Å². The molecular formula is C25H32N2O2. The maximum atomic E-state index is 12.8. The Kier molecular flexibility index (Phi) is 6.38. The fourth-order valence-electron chi connectivity index (χ4n) is 4.48. The smallest absolute Gasteiger partial charge is 0.225 e. The molecule has 0 spiro atoms. The molecular weight excluding hydrogens is 360 g/mol. The van der Waals surface area contributed by atoms with Gasteiger partial charge in [0.15, 0.2) is 5.75 Å². The van der Waals surface area contributed by atoms with Crippen LogP contribution in [0.1, 0.15) is 50.5 Å². The summed E-state index contributed by atoms with van der Waals surface area (Å²) >= 11 is 0. The van der Waals surface area contributed by atoms with E-state index in [1.165, 1.54) is 24.8 Å². The first-order valence-corrected chi connectivity index (χ1v) is 11.1. The molecule has 4 nitrogen and oxygen atoms in total. The van der Waals surface area contributed by atoms with Gasteiger partial charge in [0.2, 0.25) is 5.91 Å². The van der Waals surface area contributed by atoms with Crippen LogP contribution >= 0.6 is 0 Å². The van der Waals surface area contributed by atoms with E-state index in [1.807, 2.05) is 30.3 Å². The summed E-state index contributed by atoms with van der Waals surface area (Å²) in [5.41, 5.74) is 2.24. The lowest BCUT2D eigenvalue weighted by molar-refractivity contribution is -0.137. The van der Waals surface area contributed by atoms with Gasteiger partial charge in [-0.05, 0) is 56.9 Å². The lowest BCUT2D eigenvalue weighted by Crippen LogP contribution is -2.45. The zero-order valence-corrected chi connectivity index (χ0v) is 17.4. The number of aryl methyl sites for hydroxylation is 1. The number of para-hydroxylation sites is 2. The van der Waals surface area contributed by atoms with E-state index in [0.717, 1.165) is 56.0 Å². The van der Waals surface area contributed by atoms with Crippen molar-refractivity contribution in [2.45, 2.75) is 57.9 Å². The molecule has 1 N–H and O–H groups in total. The van der Waals surface area contributed by atoms with Crippen molar-refractivity contribution in [2.24, 2.45) is 5.92 Å². The van der Waals surface area contributed by atoms with Crippen LogP contribution in [0.3, 0.4) is 0 Å². The van der Waals surface area contributed by atoms with Gasteiger partial charge in [0.25, 0.3) is 0 Å². The van der Waals surface area contributed by atoms with E-state index in [2.05, 4.69) is 35.3 Å². The van der Waals surface area contributed by atoms with Crippen LogP contribution < -0.4 is 10.1 Å². The van der Waals surface area contributed by atoms with Crippen molar-refractivity contribution in [1.29, 1.82) is 0 Å². The van der Waals surface area contributed by atoms with Crippen molar-refractivity contribution in [3.05, 3.63) is 54.1 Å². The summed E-state index contributed by atoms with van der Waals surface area (Å²) in [5.74, 6) is 2.36. The standard InChI is InChI=1S/C25H32N2O2/c1-19-11-13-22(14-12-19)29-24-10-6-5-9-23(24)26-21-15-17-27(18-16-21)25(28)20-7-3-2-4-8-20/h5-6,9-14,20-21,26H,2-4,7-8,15-18H2,1H3. The summed E-state index contributed by atoms with van der Waals surface area (Å²) in [6, 6.07) is 16.6. The molecule has 4 heteroatoms. The van der Waals surface area contributed by atoms with Crippen LogP contribution in [0.15, 0.2) is 48.5 Å². The Morgan fingerprint density at radius 3 is 2.34 bits per heavy atom. The number of carbonyl (C=O) groups is 1. The predicted molar refractivity (Wildman–Crippen MR) is 117 cm³/mol. The third kappa shape index (κ3) is 5.11. The zero-order valence-electron chi connectivity index (χ0n) is 17.4. The summed E-state index contributed by atoms with van der Waals surface area (Å²) in [6.45, 7) is 3.78. The summed E-state index contributed by atoms with van der Waals surface area (Å²) < 4.78 is 6.12. The summed E-state index contributed by atoms with van der Waals surface area (Å²) in [7, 11) is 0. The number of amides is 1. The Morgan fingerprint density at radius 1 is 0.931 bits per heavy atom. The highest BCUT2D eigenvalue weighted by Crippen LogP contribution is 2.32. The fraction of sp³-hybridized carbons (Fsp3) is 0.480. The molecule has 0 aromatic heterocycles. The van der Waals surface area contributed by atoms with Gasteiger partial charge in [0, 0.05) is 25.0 Å². The van der Waals surface area contributed by atoms with Crippen molar-refractivity contribution in [3.8, 4) is 11.5 Å². The number of nitrogens with one attached hydrogen (secondary N) is 1. The maximum Gasteiger partial charge on any atom is 0.225 e. The third-order valence-corrected chi connectivity index (χ3v) is 6.26. The molecule has 0 atom stereocenters. The van der Waals surface area contributed by atoms with Crippen LogP contribution in [0.5, 0.6) is 11.5 Å². The molecule has 1 heterocycles. The number of nitrogens with zero attached hydrogens (tertiary/aromatic N) is 1. The fourth-order valence-corrected chi connectivity index (χ4v) is 4.48. The normalized spacial score (nSPS) is 18.4. The number of piperidine rings is 1. The molecule has 1 saturated heterocycles. The molecule has 4 rings (SSSR count). The quantitative estimate of drug-likeness (QED) is 0.702. The highest BCUT2D eigenvalue weighted by atomic mass is 16.5. The van der Waals surface area contributed by atoms with E-state index in [1.54, 1.807) is 0 Å². The van der Waals surface area contributed by atoms with E-state index in [4.69, 9.17) is 4.74 Å². The van der Waals surface area contributed by atoms with Crippen LogP contribution in [0, 0.1) is 12.8 Å². The monoisotopic (exact) mass is 392 g/mol. The molecule has 0 radical (unpaired) electrons. The van der Waals surface area contributed by atoms with Gasteiger partial charge in [-0.2, -0.15) is 0 Å². The van der Waals surface area contributed by atoms with Crippen molar-refractivity contribution in [1.82, 2.24) is 4.90 Å². The van der Waals surface area contributed by atoms with Gasteiger partial charge >= 0.3 is 0 Å². The first-order chi connectivity index (χ1) is 14.2. The van der Waals surface area contributed by atoms with Gasteiger partial charge in [0.1, 0.15) is 5.75 Å². The second-order valence-electron chi connectivity index (χ2n) is 8.49. The maximum absolute atomic E-state index is 12.8. The Bertz CT molecular complexity index is 804. The number of likely N-dealkylation sites (tertiary alicyclic amines) is 1. The van der Waals surface area contributed by atoms with Gasteiger partial charge in [-0.25, -0.2) is 0 Å². The van der Waals surface area contributed by atoms with Gasteiger partial charge in [-0.3, -0.25) is 4.79 Å². The van der Waals surface area contributed by atoms with Crippen molar-refractivity contribution >= 4 is 11.6 Å². The van der Waals surface area contributed by atoms with Crippen LogP contribution in [-0.4, -0.2) is 29.9 Å². The number of hydrogen-bond donors (Lipinski definition) is 1. The lowest BCUT2D eigenvalue weighted by Gasteiger charge is -2.36. The van der Waals surface area contributed by atoms with Gasteiger partial charge < -0.3 is 15.0 Å². The van der Waals surface area contributed by atoms with Crippen LogP contribution in [0.2, 0.25) is 0 Å². The minimum atomic E-state index is 0.275. The van der Waals surface area contributed by atoms with Crippen LogP contribution in [0.25, 0.3) is 0 Å². The number of benzene rings is 2. The SMILES string of the molecule is Cc1ccc(Oc2ccccc2NC2CCN(C(=O)C3CCCCC3)CC2)cc1. The number of ether oxygens (including phenoxy) is 1. The summed E-state index contributed by atoms with van der Waals surface area (Å²) in [6.07, 6.45) is 7.86. The Morgan fingerprint density at radius 2 is 1.62 bits per heavy atom. The molecule has 154 valence electrons. The Balaban J connectivity index is 1.33. The highest BCUT2D eigenvalue weighted by Gasteiger charge is 2.29.